The fourth-order valence-electron chi connectivity index (χ4n) is 3.86. The normalized spacial score (nSPS) is 26.3. The third kappa shape index (κ3) is 2.24. The minimum atomic E-state index is 0.0315. The number of fused-ring (bicyclic) bond motifs is 2. The first kappa shape index (κ1) is 13.6. The zero-order chi connectivity index (χ0) is 15.1. The number of hydrogen-bond acceptors (Lipinski definition) is 2. The number of aromatic nitrogens is 1. The summed E-state index contributed by atoms with van der Waals surface area (Å²) in [5, 5.41) is 6.77. The summed E-state index contributed by atoms with van der Waals surface area (Å²) < 4.78 is 1.98. The van der Waals surface area contributed by atoms with Crippen molar-refractivity contribution < 1.29 is 4.79 Å². The topological polar surface area (TPSA) is 46.1 Å². The van der Waals surface area contributed by atoms with Gasteiger partial charge < -0.3 is 15.2 Å². The van der Waals surface area contributed by atoms with E-state index in [1.165, 1.54) is 12.8 Å². The number of carbonyl (C=O) groups is 1. The summed E-state index contributed by atoms with van der Waals surface area (Å²) in [6, 6.07) is 15.4. The molecule has 1 amide bonds. The lowest BCUT2D eigenvalue weighted by Crippen LogP contribution is -2.43. The van der Waals surface area contributed by atoms with E-state index in [1.54, 1.807) is 0 Å². The molecule has 3 atom stereocenters. The van der Waals surface area contributed by atoms with Crippen LogP contribution in [0.2, 0.25) is 0 Å². The van der Waals surface area contributed by atoms with E-state index in [1.807, 2.05) is 41.9 Å². The van der Waals surface area contributed by atoms with Gasteiger partial charge in [0.05, 0.1) is 0 Å². The molecule has 2 aliphatic heterocycles. The van der Waals surface area contributed by atoms with E-state index in [0.29, 0.717) is 12.1 Å². The summed E-state index contributed by atoms with van der Waals surface area (Å²) in [5.74, 6) is 0.0315. The summed E-state index contributed by atoms with van der Waals surface area (Å²) in [4.78, 5) is 12.6. The minimum absolute atomic E-state index is 0.0315. The van der Waals surface area contributed by atoms with Gasteiger partial charge in [-0.25, -0.2) is 0 Å². The molecule has 22 heavy (non-hydrogen) atoms. The van der Waals surface area contributed by atoms with Gasteiger partial charge >= 0.3 is 0 Å². The van der Waals surface area contributed by atoms with Crippen LogP contribution < -0.4 is 10.6 Å². The molecular weight excluding hydrogens is 274 g/mol. The smallest absolute Gasteiger partial charge is 0.268 e. The van der Waals surface area contributed by atoms with Gasteiger partial charge in [-0.2, -0.15) is 0 Å². The zero-order valence-corrected chi connectivity index (χ0v) is 12.8. The second kappa shape index (κ2) is 5.29. The van der Waals surface area contributed by atoms with Gasteiger partial charge in [-0.05, 0) is 37.0 Å². The summed E-state index contributed by atoms with van der Waals surface area (Å²) in [6.45, 7) is 0. The quantitative estimate of drug-likeness (QED) is 0.913. The third-order valence-electron chi connectivity index (χ3n) is 5.04. The van der Waals surface area contributed by atoms with Crippen LogP contribution in [-0.4, -0.2) is 28.6 Å². The van der Waals surface area contributed by atoms with Crippen molar-refractivity contribution in [2.45, 2.75) is 37.4 Å². The third-order valence-corrected chi connectivity index (χ3v) is 5.04. The Morgan fingerprint density at radius 1 is 1.18 bits per heavy atom. The molecule has 0 spiro atoms. The molecule has 2 bridgehead atoms. The maximum atomic E-state index is 12.6. The average molecular weight is 295 g/mol. The second-order valence-electron chi connectivity index (χ2n) is 6.39. The molecule has 2 saturated heterocycles. The number of nitrogens with one attached hydrogen (secondary N) is 2. The summed E-state index contributed by atoms with van der Waals surface area (Å²) in [7, 11) is 1.95. The predicted molar refractivity (Wildman–Crippen MR) is 86.7 cm³/mol. The first-order valence-electron chi connectivity index (χ1n) is 8.00. The van der Waals surface area contributed by atoms with Crippen LogP contribution in [0.1, 0.15) is 29.8 Å². The van der Waals surface area contributed by atoms with Gasteiger partial charge in [-0.3, -0.25) is 4.79 Å². The molecule has 2 aliphatic rings. The van der Waals surface area contributed by atoms with E-state index in [0.717, 1.165) is 23.4 Å². The van der Waals surface area contributed by atoms with Gasteiger partial charge in [-0.15, -0.1) is 0 Å². The van der Waals surface area contributed by atoms with Crippen LogP contribution in [0.4, 0.5) is 0 Å². The SMILES string of the molecule is Cn1c(C(=O)N[C@@H]2C[C@H]3CC[C@@H]2N3)ccc1-c1ccccc1. The molecule has 0 aliphatic carbocycles. The van der Waals surface area contributed by atoms with Crippen molar-refractivity contribution in [3.8, 4) is 11.3 Å². The van der Waals surface area contributed by atoms with Gasteiger partial charge in [0.1, 0.15) is 5.69 Å². The Kier molecular flexibility index (Phi) is 3.26. The van der Waals surface area contributed by atoms with Gasteiger partial charge in [0, 0.05) is 30.9 Å². The van der Waals surface area contributed by atoms with Crippen LogP contribution in [0.5, 0.6) is 0 Å². The standard InChI is InChI=1S/C18H21N3O/c1-21-16(12-5-3-2-4-6-12)9-10-17(21)18(22)20-15-11-13-7-8-14(15)19-13/h2-6,9-10,13-15,19H,7-8,11H2,1H3,(H,20,22)/t13-,14+,15-/m1/s1. The van der Waals surface area contributed by atoms with E-state index < -0.39 is 0 Å². The largest absolute Gasteiger partial charge is 0.346 e. The number of hydrogen-bond donors (Lipinski definition) is 2. The monoisotopic (exact) mass is 295 g/mol. The van der Waals surface area contributed by atoms with Gasteiger partial charge in [0.25, 0.3) is 5.91 Å². The van der Waals surface area contributed by atoms with Crippen LogP contribution in [0.15, 0.2) is 42.5 Å². The van der Waals surface area contributed by atoms with E-state index >= 15 is 0 Å². The highest BCUT2D eigenvalue weighted by Gasteiger charge is 2.39. The molecule has 1 aromatic carbocycles. The van der Waals surface area contributed by atoms with Crippen molar-refractivity contribution in [2.75, 3.05) is 0 Å². The lowest BCUT2D eigenvalue weighted by Gasteiger charge is -2.21. The molecular formula is C18H21N3O. The Morgan fingerprint density at radius 2 is 2.00 bits per heavy atom. The average Bonchev–Trinajstić information content (AvgIpc) is 3.23. The van der Waals surface area contributed by atoms with E-state index in [2.05, 4.69) is 22.8 Å². The molecule has 0 saturated carbocycles. The molecule has 0 unspecified atom stereocenters. The highest BCUT2D eigenvalue weighted by molar-refractivity contribution is 5.94. The Labute approximate surface area is 130 Å². The Morgan fingerprint density at radius 3 is 2.68 bits per heavy atom. The molecule has 3 heterocycles. The fraction of sp³-hybridized carbons (Fsp3) is 0.389. The number of rotatable bonds is 3. The number of benzene rings is 1. The van der Waals surface area contributed by atoms with Crippen LogP contribution in [0.3, 0.4) is 0 Å². The van der Waals surface area contributed by atoms with Crippen LogP contribution >= 0.6 is 0 Å². The number of amides is 1. The molecule has 2 fully saturated rings. The van der Waals surface area contributed by atoms with Crippen LogP contribution in [-0.2, 0) is 7.05 Å². The van der Waals surface area contributed by atoms with Crippen LogP contribution in [0.25, 0.3) is 11.3 Å². The first-order valence-corrected chi connectivity index (χ1v) is 8.00. The Hall–Kier alpha value is -2.07. The van der Waals surface area contributed by atoms with Crippen molar-refractivity contribution in [1.82, 2.24) is 15.2 Å². The van der Waals surface area contributed by atoms with Gasteiger partial charge in [0.15, 0.2) is 0 Å². The van der Waals surface area contributed by atoms with Crippen LogP contribution in [0, 0.1) is 0 Å². The summed E-state index contributed by atoms with van der Waals surface area (Å²) in [6.07, 6.45) is 3.49. The Balaban J connectivity index is 1.53. The molecule has 114 valence electrons. The molecule has 4 rings (SSSR count). The molecule has 4 heteroatoms. The molecule has 2 aromatic rings. The van der Waals surface area contributed by atoms with Crippen molar-refractivity contribution in [3.05, 3.63) is 48.2 Å². The minimum Gasteiger partial charge on any atom is -0.346 e. The molecule has 0 radical (unpaired) electrons. The molecule has 2 N–H and O–H groups in total. The van der Waals surface area contributed by atoms with Gasteiger partial charge in [-0.1, -0.05) is 30.3 Å². The highest BCUT2D eigenvalue weighted by atomic mass is 16.2. The van der Waals surface area contributed by atoms with Crippen molar-refractivity contribution in [3.63, 3.8) is 0 Å². The molecule has 4 nitrogen and oxygen atoms in total. The fourth-order valence-corrected chi connectivity index (χ4v) is 3.86. The summed E-state index contributed by atoms with van der Waals surface area (Å²) in [5.41, 5.74) is 2.92. The second-order valence-corrected chi connectivity index (χ2v) is 6.39. The van der Waals surface area contributed by atoms with E-state index in [4.69, 9.17) is 0 Å². The maximum Gasteiger partial charge on any atom is 0.268 e. The van der Waals surface area contributed by atoms with Crippen molar-refractivity contribution in [1.29, 1.82) is 0 Å². The number of carbonyl (C=O) groups excluding carboxylic acids is 1. The first-order chi connectivity index (χ1) is 10.7. The molecule has 1 aromatic heterocycles. The zero-order valence-electron chi connectivity index (χ0n) is 12.8. The van der Waals surface area contributed by atoms with Crippen molar-refractivity contribution >= 4 is 5.91 Å². The summed E-state index contributed by atoms with van der Waals surface area (Å²) >= 11 is 0. The Bertz CT molecular complexity index is 692. The lowest BCUT2D eigenvalue weighted by molar-refractivity contribution is 0.0923. The lowest BCUT2D eigenvalue weighted by atomic mass is 9.95. The predicted octanol–water partition coefficient (Wildman–Crippen LogP) is 2.31. The maximum absolute atomic E-state index is 12.6. The number of nitrogens with zero attached hydrogens (tertiary/aromatic N) is 1. The van der Waals surface area contributed by atoms with Gasteiger partial charge in [0.2, 0.25) is 0 Å². The van der Waals surface area contributed by atoms with E-state index in [9.17, 15) is 4.79 Å². The highest BCUT2D eigenvalue weighted by Crippen LogP contribution is 2.28. The van der Waals surface area contributed by atoms with Crippen molar-refractivity contribution in [2.24, 2.45) is 7.05 Å². The van der Waals surface area contributed by atoms with E-state index in [-0.39, 0.29) is 11.9 Å².